The van der Waals surface area contributed by atoms with Crippen molar-refractivity contribution in [1.29, 1.82) is 0 Å². The smallest absolute Gasteiger partial charge is 0.340 e. The molecule has 2 rings (SSSR count). The highest BCUT2D eigenvalue weighted by atomic mass is 32.2. The summed E-state index contributed by atoms with van der Waals surface area (Å²) in [7, 11) is 1.84. The minimum Gasteiger partial charge on any atom is -0.452 e. The molecule has 0 unspecified atom stereocenters. The van der Waals surface area contributed by atoms with Gasteiger partial charge in [0.15, 0.2) is 11.8 Å². The number of hydrogen-bond acceptors (Lipinski definition) is 6. The fourth-order valence-electron chi connectivity index (χ4n) is 2.10. The van der Waals surface area contributed by atoms with Crippen LogP contribution >= 0.6 is 11.8 Å². The van der Waals surface area contributed by atoms with Crippen LogP contribution in [0.25, 0.3) is 0 Å². The first-order valence-corrected chi connectivity index (χ1v) is 9.42. The molecule has 1 aromatic carbocycles. The van der Waals surface area contributed by atoms with Crippen LogP contribution in [0.15, 0.2) is 41.8 Å². The van der Waals surface area contributed by atoms with E-state index in [1.807, 2.05) is 18.5 Å². The third-order valence-electron chi connectivity index (χ3n) is 3.44. The van der Waals surface area contributed by atoms with Gasteiger partial charge in [0, 0.05) is 26.0 Å². The molecule has 144 valence electrons. The summed E-state index contributed by atoms with van der Waals surface area (Å²) in [5.41, 5.74) is 0.526. The average molecular weight is 390 g/mol. The van der Waals surface area contributed by atoms with E-state index in [1.54, 1.807) is 30.6 Å². The Labute approximate surface area is 161 Å². The lowest BCUT2D eigenvalue weighted by Crippen LogP contribution is -2.29. The highest BCUT2D eigenvalue weighted by Crippen LogP contribution is 2.18. The van der Waals surface area contributed by atoms with Crippen molar-refractivity contribution in [3.63, 3.8) is 0 Å². The van der Waals surface area contributed by atoms with Crippen molar-refractivity contribution in [2.24, 2.45) is 7.05 Å². The van der Waals surface area contributed by atoms with Crippen molar-refractivity contribution >= 4 is 35.2 Å². The molecular weight excluding hydrogens is 368 g/mol. The van der Waals surface area contributed by atoms with E-state index in [9.17, 15) is 14.4 Å². The van der Waals surface area contributed by atoms with Crippen molar-refractivity contribution < 1.29 is 19.1 Å². The summed E-state index contributed by atoms with van der Waals surface area (Å²) in [6, 6.07) is 6.50. The lowest BCUT2D eigenvalue weighted by atomic mass is 10.2. The third kappa shape index (κ3) is 6.45. The Kier molecular flexibility index (Phi) is 7.87. The lowest BCUT2D eigenvalue weighted by Gasteiger charge is -2.11. The van der Waals surface area contributed by atoms with Crippen LogP contribution in [0.2, 0.25) is 0 Å². The van der Waals surface area contributed by atoms with E-state index >= 15 is 0 Å². The van der Waals surface area contributed by atoms with Crippen LogP contribution in [0.1, 0.15) is 23.7 Å². The predicted molar refractivity (Wildman–Crippen MR) is 103 cm³/mol. The summed E-state index contributed by atoms with van der Waals surface area (Å²) in [5, 5.41) is 6.04. The van der Waals surface area contributed by atoms with E-state index in [-0.39, 0.29) is 29.7 Å². The molecule has 2 amide bonds. The molecule has 0 atom stereocenters. The molecule has 9 heteroatoms. The van der Waals surface area contributed by atoms with Crippen LogP contribution < -0.4 is 10.6 Å². The highest BCUT2D eigenvalue weighted by Gasteiger charge is 2.16. The van der Waals surface area contributed by atoms with E-state index in [0.717, 1.165) is 11.6 Å². The van der Waals surface area contributed by atoms with Gasteiger partial charge >= 0.3 is 5.97 Å². The Morgan fingerprint density at radius 3 is 2.70 bits per heavy atom. The summed E-state index contributed by atoms with van der Waals surface area (Å²) in [6.07, 6.45) is 4.25. The fraction of sp³-hybridized carbons (Fsp3) is 0.333. The van der Waals surface area contributed by atoms with Gasteiger partial charge in [0.05, 0.1) is 17.0 Å². The summed E-state index contributed by atoms with van der Waals surface area (Å²) >= 11 is 1.29. The molecule has 0 saturated carbocycles. The van der Waals surface area contributed by atoms with Crippen molar-refractivity contribution in [1.82, 2.24) is 14.9 Å². The van der Waals surface area contributed by atoms with Gasteiger partial charge in [-0.1, -0.05) is 30.8 Å². The molecule has 0 radical (unpaired) electrons. The third-order valence-corrected chi connectivity index (χ3v) is 4.50. The van der Waals surface area contributed by atoms with Crippen molar-refractivity contribution in [3.05, 3.63) is 42.2 Å². The number of carbonyl (C=O) groups excluding carboxylic acids is 3. The minimum atomic E-state index is -0.672. The van der Waals surface area contributed by atoms with E-state index in [0.29, 0.717) is 12.2 Å². The summed E-state index contributed by atoms with van der Waals surface area (Å²) in [5.74, 6) is -1.16. The van der Waals surface area contributed by atoms with Crippen LogP contribution in [0.5, 0.6) is 0 Å². The van der Waals surface area contributed by atoms with Gasteiger partial charge in [-0.05, 0) is 18.6 Å². The Balaban J connectivity index is 1.92. The number of ether oxygens (including phenoxy) is 1. The lowest BCUT2D eigenvalue weighted by molar-refractivity contribution is -0.124. The molecule has 0 aliphatic heterocycles. The monoisotopic (exact) mass is 390 g/mol. The number of amides is 2. The van der Waals surface area contributed by atoms with E-state index < -0.39 is 5.97 Å². The van der Waals surface area contributed by atoms with Crippen LogP contribution in [0.4, 0.5) is 5.69 Å². The summed E-state index contributed by atoms with van der Waals surface area (Å²) < 4.78 is 6.84. The van der Waals surface area contributed by atoms with Gasteiger partial charge in [-0.2, -0.15) is 0 Å². The molecule has 2 aromatic rings. The number of para-hydroxylation sites is 1. The quantitative estimate of drug-likeness (QED) is 0.500. The van der Waals surface area contributed by atoms with Crippen LogP contribution in [-0.4, -0.2) is 46.2 Å². The first-order chi connectivity index (χ1) is 13.0. The first-order valence-electron chi connectivity index (χ1n) is 8.44. The number of nitrogens with zero attached hydrogens (tertiary/aromatic N) is 2. The number of aryl methyl sites for hydroxylation is 1. The van der Waals surface area contributed by atoms with Gasteiger partial charge in [-0.15, -0.1) is 0 Å². The second kappa shape index (κ2) is 10.4. The van der Waals surface area contributed by atoms with E-state index in [1.165, 1.54) is 17.8 Å². The fourth-order valence-corrected chi connectivity index (χ4v) is 2.83. The van der Waals surface area contributed by atoms with Crippen LogP contribution in [-0.2, 0) is 21.4 Å². The molecule has 0 bridgehead atoms. The maximum atomic E-state index is 12.2. The van der Waals surface area contributed by atoms with Gasteiger partial charge < -0.3 is 19.9 Å². The second-order valence-electron chi connectivity index (χ2n) is 5.63. The standard InChI is InChI=1S/C18H22N4O4S/c1-3-8-19-15(23)11-26-17(25)13-6-4-5-7-14(13)21-16(24)12-27-18-20-9-10-22(18)2/h4-7,9-10H,3,8,11-12H2,1-2H3,(H,19,23)(H,21,24). The van der Waals surface area contributed by atoms with Gasteiger partial charge in [0.2, 0.25) is 5.91 Å². The molecule has 1 aromatic heterocycles. The number of imidazole rings is 1. The van der Waals surface area contributed by atoms with E-state index in [2.05, 4.69) is 15.6 Å². The molecule has 0 fully saturated rings. The number of anilines is 1. The number of rotatable bonds is 9. The molecule has 2 N–H and O–H groups in total. The maximum Gasteiger partial charge on any atom is 0.340 e. The highest BCUT2D eigenvalue weighted by molar-refractivity contribution is 7.99. The zero-order valence-electron chi connectivity index (χ0n) is 15.2. The molecule has 27 heavy (non-hydrogen) atoms. The van der Waals surface area contributed by atoms with Crippen molar-refractivity contribution in [2.75, 3.05) is 24.2 Å². The normalized spacial score (nSPS) is 10.3. The largest absolute Gasteiger partial charge is 0.452 e. The van der Waals surface area contributed by atoms with Crippen molar-refractivity contribution in [3.8, 4) is 0 Å². The van der Waals surface area contributed by atoms with Gasteiger partial charge in [-0.3, -0.25) is 9.59 Å². The maximum absolute atomic E-state index is 12.2. The minimum absolute atomic E-state index is 0.146. The van der Waals surface area contributed by atoms with Crippen LogP contribution in [0, 0.1) is 0 Å². The molecule has 0 aliphatic carbocycles. The zero-order chi connectivity index (χ0) is 19.6. The molecule has 0 spiro atoms. The molecule has 1 heterocycles. The molecule has 8 nitrogen and oxygen atoms in total. The predicted octanol–water partition coefficient (Wildman–Crippen LogP) is 1.83. The number of aromatic nitrogens is 2. The summed E-state index contributed by atoms with van der Waals surface area (Å²) in [6.45, 7) is 2.09. The van der Waals surface area contributed by atoms with Gasteiger partial charge in [0.25, 0.3) is 5.91 Å². The Bertz CT molecular complexity index is 806. The van der Waals surface area contributed by atoms with Gasteiger partial charge in [0.1, 0.15) is 0 Å². The van der Waals surface area contributed by atoms with Gasteiger partial charge in [-0.25, -0.2) is 9.78 Å². The Morgan fingerprint density at radius 2 is 2.00 bits per heavy atom. The number of carbonyl (C=O) groups is 3. The molecular formula is C18H22N4O4S. The van der Waals surface area contributed by atoms with Crippen LogP contribution in [0.3, 0.4) is 0 Å². The average Bonchev–Trinajstić information content (AvgIpc) is 3.08. The number of benzene rings is 1. The number of esters is 1. The zero-order valence-corrected chi connectivity index (χ0v) is 16.0. The molecule has 0 saturated heterocycles. The number of nitrogens with one attached hydrogen (secondary N) is 2. The topological polar surface area (TPSA) is 102 Å². The second-order valence-corrected chi connectivity index (χ2v) is 6.57. The molecule has 0 aliphatic rings. The number of hydrogen-bond donors (Lipinski definition) is 2. The first kappa shape index (κ1) is 20.5. The van der Waals surface area contributed by atoms with E-state index in [4.69, 9.17) is 4.74 Å². The Hall–Kier alpha value is -2.81. The Morgan fingerprint density at radius 1 is 1.22 bits per heavy atom. The van der Waals surface area contributed by atoms with Crippen molar-refractivity contribution in [2.45, 2.75) is 18.5 Å². The SMILES string of the molecule is CCCNC(=O)COC(=O)c1ccccc1NC(=O)CSc1nccn1C. The number of thioether (sulfide) groups is 1. The summed E-state index contributed by atoms with van der Waals surface area (Å²) in [4.78, 5) is 40.1.